The molecular weight excluding hydrogens is 213 g/mol. The van der Waals surface area contributed by atoms with Crippen LogP contribution < -0.4 is 0 Å². The van der Waals surface area contributed by atoms with Crippen LogP contribution in [0.3, 0.4) is 0 Å². The molecule has 1 unspecified atom stereocenters. The van der Waals surface area contributed by atoms with Gasteiger partial charge in [-0.2, -0.15) is 0 Å². The van der Waals surface area contributed by atoms with Gasteiger partial charge in [-0.3, -0.25) is 4.98 Å². The largest absolute Gasteiger partial charge is 0.259 e. The maximum Gasteiger partial charge on any atom is 0.123 e. The van der Waals surface area contributed by atoms with E-state index in [0.717, 1.165) is 11.3 Å². The fraction of sp³-hybridized carbons (Fsp3) is 0.0833. The first-order valence-corrected chi connectivity index (χ1v) is 5.01. The first-order chi connectivity index (χ1) is 7.27. The Hall–Kier alpha value is -1.41. The Kier molecular flexibility index (Phi) is 2.97. The van der Waals surface area contributed by atoms with Gasteiger partial charge in [-0.05, 0) is 29.8 Å². The molecule has 1 aromatic heterocycles. The Morgan fingerprint density at radius 3 is 2.40 bits per heavy atom. The SMILES string of the molecule is Fc1ccc(C(Cl)c2ccccn2)cc1. The van der Waals surface area contributed by atoms with E-state index in [1.165, 1.54) is 12.1 Å². The van der Waals surface area contributed by atoms with Crippen molar-refractivity contribution in [3.8, 4) is 0 Å². The lowest BCUT2D eigenvalue weighted by Crippen LogP contribution is -1.95. The van der Waals surface area contributed by atoms with Crippen LogP contribution in [0.15, 0.2) is 48.7 Å². The number of pyridine rings is 1. The van der Waals surface area contributed by atoms with Crippen molar-refractivity contribution >= 4 is 11.6 Å². The second-order valence-electron chi connectivity index (χ2n) is 3.17. The van der Waals surface area contributed by atoms with E-state index in [0.29, 0.717) is 0 Å². The first kappa shape index (κ1) is 10.1. The molecule has 2 aromatic rings. The van der Waals surface area contributed by atoms with Crippen molar-refractivity contribution in [3.63, 3.8) is 0 Å². The van der Waals surface area contributed by atoms with Crippen LogP contribution in [0.1, 0.15) is 16.6 Å². The molecular formula is C12H9ClFN. The second kappa shape index (κ2) is 4.41. The maximum absolute atomic E-state index is 12.7. The first-order valence-electron chi connectivity index (χ1n) is 4.58. The minimum atomic E-state index is -0.327. The molecule has 0 aliphatic heterocycles. The molecule has 0 bridgehead atoms. The normalized spacial score (nSPS) is 12.4. The molecule has 0 saturated heterocycles. The number of benzene rings is 1. The summed E-state index contributed by atoms with van der Waals surface area (Å²) in [4.78, 5) is 4.15. The topological polar surface area (TPSA) is 12.9 Å². The summed E-state index contributed by atoms with van der Waals surface area (Å²) >= 11 is 6.20. The van der Waals surface area contributed by atoms with Gasteiger partial charge in [-0.15, -0.1) is 11.6 Å². The summed E-state index contributed by atoms with van der Waals surface area (Å²) in [7, 11) is 0. The number of nitrogens with zero attached hydrogens (tertiary/aromatic N) is 1. The van der Waals surface area contributed by atoms with Gasteiger partial charge >= 0.3 is 0 Å². The number of rotatable bonds is 2. The summed E-state index contributed by atoms with van der Waals surface area (Å²) in [6.45, 7) is 0. The number of aromatic nitrogens is 1. The van der Waals surface area contributed by atoms with Gasteiger partial charge in [0.05, 0.1) is 5.69 Å². The van der Waals surface area contributed by atoms with Crippen LogP contribution in [0, 0.1) is 5.82 Å². The van der Waals surface area contributed by atoms with Crippen molar-refractivity contribution in [2.24, 2.45) is 0 Å². The Morgan fingerprint density at radius 2 is 1.80 bits per heavy atom. The predicted molar refractivity (Wildman–Crippen MR) is 58.3 cm³/mol. The highest BCUT2D eigenvalue weighted by Gasteiger charge is 2.10. The Bertz CT molecular complexity index is 427. The molecule has 15 heavy (non-hydrogen) atoms. The van der Waals surface area contributed by atoms with E-state index in [2.05, 4.69) is 4.98 Å². The molecule has 0 saturated carbocycles. The molecule has 0 spiro atoms. The van der Waals surface area contributed by atoms with Crippen molar-refractivity contribution in [2.75, 3.05) is 0 Å². The number of alkyl halides is 1. The van der Waals surface area contributed by atoms with E-state index in [9.17, 15) is 4.39 Å². The smallest absolute Gasteiger partial charge is 0.123 e. The molecule has 1 nitrogen and oxygen atoms in total. The highest BCUT2D eigenvalue weighted by molar-refractivity contribution is 6.22. The minimum Gasteiger partial charge on any atom is -0.259 e. The Labute approximate surface area is 92.5 Å². The lowest BCUT2D eigenvalue weighted by molar-refractivity contribution is 0.627. The van der Waals surface area contributed by atoms with E-state index < -0.39 is 0 Å². The highest BCUT2D eigenvalue weighted by atomic mass is 35.5. The van der Waals surface area contributed by atoms with Crippen LogP contribution in [0.4, 0.5) is 4.39 Å². The average Bonchev–Trinajstić information content (AvgIpc) is 2.30. The van der Waals surface area contributed by atoms with Gasteiger partial charge in [-0.1, -0.05) is 18.2 Å². The molecule has 1 aromatic carbocycles. The molecule has 0 aliphatic carbocycles. The molecule has 0 fully saturated rings. The Balaban J connectivity index is 2.29. The maximum atomic E-state index is 12.7. The van der Waals surface area contributed by atoms with Gasteiger partial charge < -0.3 is 0 Å². The van der Waals surface area contributed by atoms with E-state index in [1.54, 1.807) is 18.3 Å². The van der Waals surface area contributed by atoms with Gasteiger partial charge in [-0.25, -0.2) is 4.39 Å². The highest BCUT2D eigenvalue weighted by Crippen LogP contribution is 2.26. The van der Waals surface area contributed by atoms with Gasteiger partial charge in [0.25, 0.3) is 0 Å². The zero-order valence-electron chi connectivity index (χ0n) is 7.90. The van der Waals surface area contributed by atoms with Gasteiger partial charge in [0.1, 0.15) is 11.2 Å². The summed E-state index contributed by atoms with van der Waals surface area (Å²) in [6.07, 6.45) is 1.69. The zero-order chi connectivity index (χ0) is 10.7. The second-order valence-corrected chi connectivity index (χ2v) is 3.61. The molecule has 0 amide bonds. The van der Waals surface area contributed by atoms with E-state index in [1.807, 2.05) is 18.2 Å². The third-order valence-corrected chi connectivity index (χ3v) is 2.59. The molecule has 0 radical (unpaired) electrons. The van der Waals surface area contributed by atoms with Crippen LogP contribution in [-0.4, -0.2) is 4.98 Å². The van der Waals surface area contributed by atoms with Gasteiger partial charge in [0, 0.05) is 6.20 Å². The monoisotopic (exact) mass is 221 g/mol. The van der Waals surface area contributed by atoms with Crippen molar-refractivity contribution in [3.05, 3.63) is 65.7 Å². The summed E-state index contributed by atoms with van der Waals surface area (Å²) in [5.41, 5.74) is 1.61. The standard InChI is InChI=1S/C12H9ClFN/c13-12(11-3-1-2-8-15-11)9-4-6-10(14)7-5-9/h1-8,12H. The third kappa shape index (κ3) is 2.34. The van der Waals surface area contributed by atoms with E-state index >= 15 is 0 Å². The average molecular weight is 222 g/mol. The lowest BCUT2D eigenvalue weighted by Gasteiger charge is -2.08. The molecule has 1 atom stereocenters. The van der Waals surface area contributed by atoms with Gasteiger partial charge in [0.2, 0.25) is 0 Å². The fourth-order valence-corrected chi connectivity index (χ4v) is 1.60. The van der Waals surface area contributed by atoms with Crippen LogP contribution in [0.2, 0.25) is 0 Å². The molecule has 3 heteroatoms. The minimum absolute atomic E-state index is 0.261. The van der Waals surface area contributed by atoms with E-state index in [4.69, 9.17) is 11.6 Å². The summed E-state index contributed by atoms with van der Waals surface area (Å²) in [5.74, 6) is -0.261. The van der Waals surface area contributed by atoms with Crippen molar-refractivity contribution in [1.29, 1.82) is 0 Å². The van der Waals surface area contributed by atoms with Crippen molar-refractivity contribution in [2.45, 2.75) is 5.38 Å². The molecule has 76 valence electrons. The van der Waals surface area contributed by atoms with Crippen LogP contribution in [-0.2, 0) is 0 Å². The number of hydrogen-bond acceptors (Lipinski definition) is 1. The summed E-state index contributed by atoms with van der Waals surface area (Å²) < 4.78 is 12.7. The molecule has 2 rings (SSSR count). The summed E-state index contributed by atoms with van der Waals surface area (Å²) in [6, 6.07) is 11.7. The summed E-state index contributed by atoms with van der Waals surface area (Å²) in [5, 5.41) is -0.327. The van der Waals surface area contributed by atoms with Gasteiger partial charge in [0.15, 0.2) is 0 Å². The zero-order valence-corrected chi connectivity index (χ0v) is 8.66. The fourth-order valence-electron chi connectivity index (χ4n) is 1.33. The Morgan fingerprint density at radius 1 is 1.07 bits per heavy atom. The van der Waals surface area contributed by atoms with Crippen LogP contribution in [0.5, 0.6) is 0 Å². The molecule has 0 N–H and O–H groups in total. The van der Waals surface area contributed by atoms with E-state index in [-0.39, 0.29) is 11.2 Å². The quantitative estimate of drug-likeness (QED) is 0.707. The third-order valence-electron chi connectivity index (χ3n) is 2.11. The number of halogens is 2. The predicted octanol–water partition coefficient (Wildman–Crippen LogP) is 3.55. The van der Waals surface area contributed by atoms with Crippen molar-refractivity contribution < 1.29 is 4.39 Å². The van der Waals surface area contributed by atoms with Crippen molar-refractivity contribution in [1.82, 2.24) is 4.98 Å². The molecule has 1 heterocycles. The molecule has 0 aliphatic rings. The van der Waals surface area contributed by atoms with Crippen LogP contribution >= 0.6 is 11.6 Å². The lowest BCUT2D eigenvalue weighted by atomic mass is 10.1. The number of hydrogen-bond donors (Lipinski definition) is 0. The van der Waals surface area contributed by atoms with Crippen LogP contribution in [0.25, 0.3) is 0 Å².